The normalized spacial score (nSPS) is 17.2. The molecule has 2 heterocycles. The molecule has 1 aromatic carbocycles. The summed E-state index contributed by atoms with van der Waals surface area (Å²) < 4.78 is 11.2. The molecule has 27 heavy (non-hydrogen) atoms. The number of urea groups is 1. The maximum atomic E-state index is 12.2. The summed E-state index contributed by atoms with van der Waals surface area (Å²) in [5, 5.41) is 7.01. The highest BCUT2D eigenvalue weighted by molar-refractivity contribution is 5.74. The van der Waals surface area contributed by atoms with E-state index < -0.39 is 0 Å². The Morgan fingerprint density at radius 2 is 2.30 bits per heavy atom. The first-order chi connectivity index (χ1) is 13.0. The first-order valence-corrected chi connectivity index (χ1v) is 9.58. The first-order valence-electron chi connectivity index (χ1n) is 9.58. The SMILES string of the molecule is Cc1cccc(OCCc2noc(C3CCCN(C(=O)NC(C)C)C3)n2)c1. The maximum Gasteiger partial charge on any atom is 0.317 e. The van der Waals surface area contributed by atoms with Crippen LogP contribution in [0.4, 0.5) is 4.79 Å². The van der Waals surface area contributed by atoms with E-state index in [2.05, 4.69) is 15.5 Å². The minimum atomic E-state index is -0.0269. The lowest BCUT2D eigenvalue weighted by molar-refractivity contribution is 0.170. The van der Waals surface area contributed by atoms with E-state index in [1.54, 1.807) is 0 Å². The van der Waals surface area contributed by atoms with Crippen LogP contribution in [-0.2, 0) is 6.42 Å². The van der Waals surface area contributed by atoms with Gasteiger partial charge in [0, 0.05) is 25.6 Å². The number of benzene rings is 1. The molecule has 1 aliphatic rings. The summed E-state index contributed by atoms with van der Waals surface area (Å²) in [5.41, 5.74) is 1.16. The van der Waals surface area contributed by atoms with Gasteiger partial charge in [0.05, 0.1) is 12.5 Å². The molecule has 1 unspecified atom stereocenters. The van der Waals surface area contributed by atoms with E-state index >= 15 is 0 Å². The zero-order chi connectivity index (χ0) is 19.2. The second-order valence-electron chi connectivity index (χ2n) is 7.35. The molecule has 0 spiro atoms. The third-order valence-electron chi connectivity index (χ3n) is 4.54. The molecule has 1 fully saturated rings. The van der Waals surface area contributed by atoms with Gasteiger partial charge in [0.25, 0.3) is 0 Å². The van der Waals surface area contributed by atoms with Crippen molar-refractivity contribution in [2.45, 2.75) is 52.0 Å². The van der Waals surface area contributed by atoms with Gasteiger partial charge in [-0.3, -0.25) is 0 Å². The van der Waals surface area contributed by atoms with Crippen LogP contribution < -0.4 is 10.1 Å². The van der Waals surface area contributed by atoms with E-state index in [0.29, 0.717) is 31.3 Å². The number of ether oxygens (including phenoxy) is 1. The van der Waals surface area contributed by atoms with Crippen LogP contribution >= 0.6 is 0 Å². The smallest absolute Gasteiger partial charge is 0.317 e. The largest absolute Gasteiger partial charge is 0.493 e. The number of likely N-dealkylation sites (tertiary alicyclic amines) is 1. The van der Waals surface area contributed by atoms with Gasteiger partial charge in [0.1, 0.15) is 5.75 Å². The molecule has 0 radical (unpaired) electrons. The molecular weight excluding hydrogens is 344 g/mol. The number of carbonyl (C=O) groups excluding carboxylic acids is 1. The molecule has 1 atom stereocenters. The standard InChI is InChI=1S/C20H28N4O3/c1-14(2)21-20(25)24-10-5-7-16(13-24)19-22-18(23-27-19)9-11-26-17-8-4-6-15(3)12-17/h4,6,8,12,14,16H,5,7,9-11,13H2,1-3H3,(H,21,25). The fourth-order valence-electron chi connectivity index (χ4n) is 3.20. The van der Waals surface area contributed by atoms with Crippen molar-refractivity contribution < 1.29 is 14.1 Å². The average Bonchev–Trinajstić information content (AvgIpc) is 3.10. The third kappa shape index (κ3) is 5.45. The molecule has 0 aliphatic carbocycles. The van der Waals surface area contributed by atoms with E-state index in [1.807, 2.05) is 49.9 Å². The van der Waals surface area contributed by atoms with Crippen LogP contribution in [0.15, 0.2) is 28.8 Å². The fraction of sp³-hybridized carbons (Fsp3) is 0.550. The lowest BCUT2D eigenvalue weighted by Crippen LogP contribution is -2.47. The molecule has 7 heteroatoms. The topological polar surface area (TPSA) is 80.5 Å². The number of rotatable bonds is 6. The van der Waals surface area contributed by atoms with Crippen molar-refractivity contribution in [2.75, 3.05) is 19.7 Å². The predicted molar refractivity (Wildman–Crippen MR) is 102 cm³/mol. The minimum Gasteiger partial charge on any atom is -0.493 e. The number of hydrogen-bond acceptors (Lipinski definition) is 5. The number of piperidine rings is 1. The molecule has 1 saturated heterocycles. The molecule has 0 saturated carbocycles. The molecule has 3 rings (SSSR count). The van der Waals surface area contributed by atoms with Crippen LogP contribution in [0, 0.1) is 6.92 Å². The van der Waals surface area contributed by atoms with Gasteiger partial charge in [-0.25, -0.2) is 4.79 Å². The summed E-state index contributed by atoms with van der Waals surface area (Å²) >= 11 is 0. The Bertz CT molecular complexity index is 759. The van der Waals surface area contributed by atoms with Gasteiger partial charge in [-0.15, -0.1) is 0 Å². The first kappa shape index (κ1) is 19.2. The van der Waals surface area contributed by atoms with Crippen molar-refractivity contribution in [3.63, 3.8) is 0 Å². The molecule has 1 N–H and O–H groups in total. The Morgan fingerprint density at radius 1 is 1.44 bits per heavy atom. The van der Waals surface area contributed by atoms with Gasteiger partial charge in [-0.1, -0.05) is 17.3 Å². The molecule has 2 amide bonds. The van der Waals surface area contributed by atoms with Crippen LogP contribution in [0.1, 0.15) is 49.9 Å². The highest BCUT2D eigenvalue weighted by Crippen LogP contribution is 2.25. The Labute approximate surface area is 160 Å². The Hall–Kier alpha value is -2.57. The zero-order valence-corrected chi connectivity index (χ0v) is 16.3. The second-order valence-corrected chi connectivity index (χ2v) is 7.35. The summed E-state index contributed by atoms with van der Waals surface area (Å²) in [6, 6.07) is 8.05. The summed E-state index contributed by atoms with van der Waals surface area (Å²) in [6.07, 6.45) is 2.47. The lowest BCUT2D eigenvalue weighted by atomic mass is 9.98. The summed E-state index contributed by atoms with van der Waals surface area (Å²) in [4.78, 5) is 18.6. The quantitative estimate of drug-likeness (QED) is 0.841. The van der Waals surface area contributed by atoms with E-state index in [1.165, 1.54) is 0 Å². The predicted octanol–water partition coefficient (Wildman–Crippen LogP) is 3.30. The van der Waals surface area contributed by atoms with Gasteiger partial charge in [0.15, 0.2) is 5.82 Å². The summed E-state index contributed by atoms with van der Waals surface area (Å²) in [7, 11) is 0. The van der Waals surface area contributed by atoms with Gasteiger partial charge >= 0.3 is 6.03 Å². The fourth-order valence-corrected chi connectivity index (χ4v) is 3.20. The van der Waals surface area contributed by atoms with Crippen LogP contribution in [0.25, 0.3) is 0 Å². The monoisotopic (exact) mass is 372 g/mol. The highest BCUT2D eigenvalue weighted by Gasteiger charge is 2.28. The lowest BCUT2D eigenvalue weighted by Gasteiger charge is -2.31. The van der Waals surface area contributed by atoms with Crippen LogP contribution in [0.2, 0.25) is 0 Å². The van der Waals surface area contributed by atoms with Crippen molar-refractivity contribution in [1.82, 2.24) is 20.4 Å². The number of aromatic nitrogens is 2. The number of aryl methyl sites for hydroxylation is 1. The minimum absolute atomic E-state index is 0.0269. The summed E-state index contributed by atoms with van der Waals surface area (Å²) in [6.45, 7) is 7.83. The Balaban J connectivity index is 1.51. The Morgan fingerprint density at radius 3 is 3.07 bits per heavy atom. The highest BCUT2D eigenvalue weighted by atomic mass is 16.5. The molecule has 0 bridgehead atoms. The van der Waals surface area contributed by atoms with Crippen molar-refractivity contribution in [3.05, 3.63) is 41.5 Å². The molecule has 1 aliphatic heterocycles. The van der Waals surface area contributed by atoms with Gasteiger partial charge in [-0.2, -0.15) is 4.98 Å². The molecule has 146 valence electrons. The number of carbonyl (C=O) groups is 1. The van der Waals surface area contributed by atoms with Crippen LogP contribution in [0.3, 0.4) is 0 Å². The number of nitrogens with zero attached hydrogens (tertiary/aromatic N) is 3. The van der Waals surface area contributed by atoms with Crippen molar-refractivity contribution >= 4 is 6.03 Å². The third-order valence-corrected chi connectivity index (χ3v) is 4.54. The van der Waals surface area contributed by atoms with Crippen molar-refractivity contribution in [3.8, 4) is 5.75 Å². The second kappa shape index (κ2) is 8.88. The number of nitrogens with one attached hydrogen (secondary N) is 1. The van der Waals surface area contributed by atoms with Crippen LogP contribution in [-0.4, -0.2) is 46.8 Å². The molecule has 1 aromatic heterocycles. The van der Waals surface area contributed by atoms with Crippen molar-refractivity contribution in [1.29, 1.82) is 0 Å². The average molecular weight is 372 g/mol. The molecule has 2 aromatic rings. The van der Waals surface area contributed by atoms with Crippen molar-refractivity contribution in [2.24, 2.45) is 0 Å². The zero-order valence-electron chi connectivity index (χ0n) is 16.3. The van der Waals surface area contributed by atoms with Gasteiger partial charge < -0.3 is 19.5 Å². The number of amides is 2. The van der Waals surface area contributed by atoms with E-state index in [0.717, 1.165) is 30.7 Å². The molecular formula is C20H28N4O3. The van der Waals surface area contributed by atoms with E-state index in [4.69, 9.17) is 9.26 Å². The van der Waals surface area contributed by atoms with E-state index in [-0.39, 0.29) is 18.0 Å². The maximum absolute atomic E-state index is 12.2. The van der Waals surface area contributed by atoms with Gasteiger partial charge in [0.2, 0.25) is 5.89 Å². The summed E-state index contributed by atoms with van der Waals surface area (Å²) in [5.74, 6) is 2.19. The van der Waals surface area contributed by atoms with Crippen LogP contribution in [0.5, 0.6) is 5.75 Å². The number of hydrogen-bond donors (Lipinski definition) is 1. The van der Waals surface area contributed by atoms with Gasteiger partial charge in [-0.05, 0) is 51.3 Å². The Kier molecular flexibility index (Phi) is 6.32. The molecule has 7 nitrogen and oxygen atoms in total. The van der Waals surface area contributed by atoms with E-state index in [9.17, 15) is 4.79 Å².